The van der Waals surface area contributed by atoms with E-state index in [-0.39, 0.29) is 0 Å². The van der Waals surface area contributed by atoms with Gasteiger partial charge in [-0.2, -0.15) is 0 Å². The zero-order valence-electron chi connectivity index (χ0n) is 12.2. The second kappa shape index (κ2) is 7.71. The van der Waals surface area contributed by atoms with E-state index in [1.54, 1.807) is 12.1 Å². The van der Waals surface area contributed by atoms with E-state index in [2.05, 4.69) is 35.5 Å². The summed E-state index contributed by atoms with van der Waals surface area (Å²) in [5.41, 5.74) is 0.828. The van der Waals surface area contributed by atoms with Crippen LogP contribution in [0, 0.1) is 0 Å². The number of nitrogens with one attached hydrogen (secondary N) is 1. The van der Waals surface area contributed by atoms with E-state index in [0.29, 0.717) is 10.8 Å². The first-order valence-electron chi connectivity index (χ1n) is 6.98. The number of hydrogen-bond acceptors (Lipinski definition) is 3. The maximum Gasteiger partial charge on any atom is 0.198 e. The molecule has 21 heavy (non-hydrogen) atoms. The lowest BCUT2D eigenvalue weighted by Crippen LogP contribution is -3.06. The van der Waals surface area contributed by atoms with Crippen molar-refractivity contribution in [3.8, 4) is 5.69 Å². The number of allylic oxidation sites excluding steroid dienone is 2. The van der Waals surface area contributed by atoms with Crippen molar-refractivity contribution in [2.75, 3.05) is 13.1 Å². The Hall–Kier alpha value is -1.98. The molecule has 0 atom stereocenters. The highest BCUT2D eigenvalue weighted by atomic mass is 35.5. The van der Waals surface area contributed by atoms with E-state index in [4.69, 9.17) is 11.6 Å². The average molecular weight is 305 g/mol. The van der Waals surface area contributed by atoms with Crippen LogP contribution in [-0.4, -0.2) is 33.3 Å². The van der Waals surface area contributed by atoms with Crippen molar-refractivity contribution in [1.29, 1.82) is 0 Å². The van der Waals surface area contributed by atoms with E-state index < -0.39 is 0 Å². The van der Waals surface area contributed by atoms with Crippen LogP contribution in [0.5, 0.6) is 0 Å². The van der Waals surface area contributed by atoms with Gasteiger partial charge in [-0.25, -0.2) is 0 Å². The molecule has 1 aromatic heterocycles. The van der Waals surface area contributed by atoms with Crippen LogP contribution in [0.25, 0.3) is 11.8 Å². The third-order valence-corrected chi connectivity index (χ3v) is 3.34. The van der Waals surface area contributed by atoms with Crippen molar-refractivity contribution >= 4 is 17.7 Å². The number of nitrogens with zero attached hydrogens (tertiary/aromatic N) is 4. The van der Waals surface area contributed by atoms with Gasteiger partial charge in [0.15, 0.2) is 5.82 Å². The Balaban J connectivity index is 2.01. The lowest BCUT2D eigenvalue weighted by molar-refractivity contribution is -0.842. The molecular formula is C15H19ClN5+. The minimum Gasteiger partial charge on any atom is -0.309 e. The van der Waals surface area contributed by atoms with Gasteiger partial charge in [0.25, 0.3) is 0 Å². The molecule has 1 aromatic carbocycles. The van der Waals surface area contributed by atoms with Gasteiger partial charge in [-0.3, -0.25) is 0 Å². The Morgan fingerprint density at radius 2 is 1.86 bits per heavy atom. The Morgan fingerprint density at radius 3 is 2.52 bits per heavy atom. The summed E-state index contributed by atoms with van der Waals surface area (Å²) in [4.78, 5) is 2.90. The summed E-state index contributed by atoms with van der Waals surface area (Å²) in [5, 5.41) is 13.0. The molecule has 5 nitrogen and oxygen atoms in total. The van der Waals surface area contributed by atoms with E-state index in [0.717, 1.165) is 18.8 Å². The van der Waals surface area contributed by atoms with Crippen LogP contribution in [-0.2, 0) is 0 Å². The van der Waals surface area contributed by atoms with Crippen LogP contribution in [0.1, 0.15) is 19.7 Å². The maximum absolute atomic E-state index is 5.85. The third kappa shape index (κ3) is 4.51. The van der Waals surface area contributed by atoms with Gasteiger partial charge in [-0.05, 0) is 55.5 Å². The van der Waals surface area contributed by atoms with Crippen LogP contribution < -0.4 is 4.90 Å². The molecule has 0 aliphatic heterocycles. The van der Waals surface area contributed by atoms with Gasteiger partial charge in [0.1, 0.15) is 0 Å². The SMILES string of the molecule is CC[NH+](/C=C/C=C/c1nnn(-c2ccc(Cl)cc2)n1)CC. The molecule has 0 spiro atoms. The topological polar surface area (TPSA) is 48.0 Å². The second-order valence-corrected chi connectivity index (χ2v) is 4.93. The summed E-state index contributed by atoms with van der Waals surface area (Å²) in [6.45, 7) is 6.47. The van der Waals surface area contributed by atoms with Crippen molar-refractivity contribution in [3.05, 3.63) is 53.5 Å². The summed E-state index contributed by atoms with van der Waals surface area (Å²) < 4.78 is 0. The molecule has 2 rings (SSSR count). The average Bonchev–Trinajstić information content (AvgIpc) is 2.97. The molecule has 0 fully saturated rings. The van der Waals surface area contributed by atoms with Gasteiger partial charge in [-0.15, -0.1) is 15.0 Å². The van der Waals surface area contributed by atoms with Crippen LogP contribution >= 0.6 is 11.6 Å². The number of rotatable bonds is 6. The van der Waals surface area contributed by atoms with Gasteiger partial charge >= 0.3 is 0 Å². The third-order valence-electron chi connectivity index (χ3n) is 3.08. The molecule has 0 amide bonds. The minimum absolute atomic E-state index is 0.573. The molecule has 0 saturated heterocycles. The van der Waals surface area contributed by atoms with E-state index in [1.807, 2.05) is 30.4 Å². The number of quaternary nitrogens is 1. The molecule has 0 aliphatic carbocycles. The first-order chi connectivity index (χ1) is 10.2. The summed E-state index contributed by atoms with van der Waals surface area (Å²) in [6, 6.07) is 7.29. The first kappa shape index (κ1) is 15.4. The molecule has 1 N–H and O–H groups in total. The number of hydrogen-bond donors (Lipinski definition) is 1. The smallest absolute Gasteiger partial charge is 0.198 e. The molecule has 0 saturated carbocycles. The Kier molecular flexibility index (Phi) is 5.66. The Bertz CT molecular complexity index is 611. The van der Waals surface area contributed by atoms with Gasteiger partial charge in [0.2, 0.25) is 0 Å². The maximum atomic E-state index is 5.85. The lowest BCUT2D eigenvalue weighted by Gasteiger charge is -2.07. The van der Waals surface area contributed by atoms with E-state index >= 15 is 0 Å². The molecule has 110 valence electrons. The van der Waals surface area contributed by atoms with Crippen molar-refractivity contribution < 1.29 is 4.90 Å². The fraction of sp³-hybridized carbons (Fsp3) is 0.267. The number of halogens is 1. The van der Waals surface area contributed by atoms with Crippen LogP contribution in [0.4, 0.5) is 0 Å². The predicted octanol–water partition coefficient (Wildman–Crippen LogP) is 1.77. The standard InChI is InChI=1S/C15H18ClN5/c1-3-20(4-2)12-6-5-7-15-17-19-21(18-15)14-10-8-13(16)9-11-14/h5-12H,3-4H2,1-2H3/p+1/b7-5+,12-6+. The molecule has 6 heteroatoms. The highest BCUT2D eigenvalue weighted by molar-refractivity contribution is 6.30. The number of benzene rings is 1. The van der Waals surface area contributed by atoms with Gasteiger partial charge < -0.3 is 4.90 Å². The van der Waals surface area contributed by atoms with Crippen molar-refractivity contribution in [3.63, 3.8) is 0 Å². The molecule has 0 aliphatic rings. The number of aromatic nitrogens is 4. The highest BCUT2D eigenvalue weighted by Gasteiger charge is 2.01. The lowest BCUT2D eigenvalue weighted by atomic mass is 10.3. The second-order valence-electron chi connectivity index (χ2n) is 4.50. The molecule has 2 aromatic rings. The van der Waals surface area contributed by atoms with Gasteiger partial charge in [0.05, 0.1) is 25.0 Å². The Morgan fingerprint density at radius 1 is 1.14 bits per heavy atom. The fourth-order valence-electron chi connectivity index (χ4n) is 1.79. The largest absolute Gasteiger partial charge is 0.309 e. The summed E-state index contributed by atoms with van der Waals surface area (Å²) in [7, 11) is 0. The van der Waals surface area contributed by atoms with Crippen LogP contribution in [0.15, 0.2) is 42.6 Å². The predicted molar refractivity (Wildman–Crippen MR) is 84.4 cm³/mol. The first-order valence-corrected chi connectivity index (χ1v) is 7.36. The fourth-order valence-corrected chi connectivity index (χ4v) is 1.92. The molecule has 0 radical (unpaired) electrons. The zero-order valence-corrected chi connectivity index (χ0v) is 13.0. The van der Waals surface area contributed by atoms with Crippen molar-refractivity contribution in [2.45, 2.75) is 13.8 Å². The molecule has 0 bridgehead atoms. The molecular weight excluding hydrogens is 286 g/mol. The minimum atomic E-state index is 0.573. The number of tetrazole rings is 1. The normalized spacial score (nSPS) is 12.0. The van der Waals surface area contributed by atoms with Crippen LogP contribution in [0.2, 0.25) is 5.02 Å². The summed E-state index contributed by atoms with van der Waals surface area (Å²) >= 11 is 5.85. The van der Waals surface area contributed by atoms with E-state index in [1.165, 1.54) is 9.70 Å². The van der Waals surface area contributed by atoms with Gasteiger partial charge in [-0.1, -0.05) is 17.7 Å². The summed E-state index contributed by atoms with van der Waals surface area (Å²) in [6.07, 6.45) is 7.89. The van der Waals surface area contributed by atoms with Crippen LogP contribution in [0.3, 0.4) is 0 Å². The van der Waals surface area contributed by atoms with Crippen molar-refractivity contribution in [2.24, 2.45) is 0 Å². The summed E-state index contributed by atoms with van der Waals surface area (Å²) in [5.74, 6) is 0.573. The molecule has 1 heterocycles. The quantitative estimate of drug-likeness (QED) is 0.828. The van der Waals surface area contributed by atoms with Crippen molar-refractivity contribution in [1.82, 2.24) is 20.2 Å². The van der Waals surface area contributed by atoms with Gasteiger partial charge in [0, 0.05) is 5.02 Å². The Labute approximate surface area is 129 Å². The monoisotopic (exact) mass is 304 g/mol. The zero-order chi connectivity index (χ0) is 15.1. The van der Waals surface area contributed by atoms with E-state index in [9.17, 15) is 0 Å². The molecule has 0 unspecified atom stereocenters. The highest BCUT2D eigenvalue weighted by Crippen LogP contribution is 2.11.